The van der Waals surface area contributed by atoms with Crippen LogP contribution < -0.4 is 14.4 Å². The molecule has 2 aromatic rings. The molecule has 0 unspecified atom stereocenters. The zero-order chi connectivity index (χ0) is 21.1. The summed E-state index contributed by atoms with van der Waals surface area (Å²) in [7, 11) is -3.88. The Morgan fingerprint density at radius 1 is 1.00 bits per heavy atom. The van der Waals surface area contributed by atoms with E-state index in [4.69, 9.17) is 16.3 Å². The van der Waals surface area contributed by atoms with Crippen LogP contribution >= 0.6 is 11.6 Å². The van der Waals surface area contributed by atoms with Crippen molar-refractivity contribution in [2.45, 2.75) is 55.6 Å². The molecule has 8 heteroatoms. The molecule has 0 bridgehead atoms. The van der Waals surface area contributed by atoms with Crippen LogP contribution in [0.5, 0.6) is 5.75 Å². The predicted octanol–water partition coefficient (Wildman–Crippen LogP) is 4.14. The second-order valence-corrected chi connectivity index (χ2v) is 10.1. The van der Waals surface area contributed by atoms with Gasteiger partial charge in [-0.3, -0.25) is 9.10 Å². The fraction of sp³-hybridized carbons (Fsp3) is 0.409. The van der Waals surface area contributed by atoms with Gasteiger partial charge < -0.3 is 10.1 Å². The van der Waals surface area contributed by atoms with Gasteiger partial charge in [0.2, 0.25) is 0 Å². The van der Waals surface area contributed by atoms with Crippen LogP contribution in [0, 0.1) is 0 Å². The number of anilines is 1. The number of benzene rings is 2. The summed E-state index contributed by atoms with van der Waals surface area (Å²) in [5, 5.41) is 3.53. The van der Waals surface area contributed by atoms with Crippen molar-refractivity contribution < 1.29 is 17.9 Å². The molecular formula is C22H25ClN2O4S. The van der Waals surface area contributed by atoms with Crippen molar-refractivity contribution >= 4 is 33.2 Å². The van der Waals surface area contributed by atoms with E-state index in [2.05, 4.69) is 5.32 Å². The van der Waals surface area contributed by atoms with Crippen LogP contribution in [0.4, 0.5) is 5.69 Å². The average molecular weight is 449 g/mol. The number of para-hydroxylation sites is 2. The normalized spacial score (nSPS) is 20.0. The molecule has 1 amide bonds. The maximum atomic E-state index is 13.4. The summed E-state index contributed by atoms with van der Waals surface area (Å²) in [6.45, 7) is -0.0828. The lowest BCUT2D eigenvalue weighted by Gasteiger charge is -2.35. The van der Waals surface area contributed by atoms with Crippen LogP contribution in [0.2, 0.25) is 5.02 Å². The molecular weight excluding hydrogens is 424 g/mol. The second-order valence-electron chi connectivity index (χ2n) is 7.76. The topological polar surface area (TPSA) is 75.7 Å². The molecule has 0 spiro atoms. The summed E-state index contributed by atoms with van der Waals surface area (Å²) in [4.78, 5) is 13.1. The van der Waals surface area contributed by atoms with Gasteiger partial charge in [-0.15, -0.1) is 0 Å². The molecule has 6 nitrogen and oxygen atoms in total. The van der Waals surface area contributed by atoms with Gasteiger partial charge in [0.15, 0.2) is 6.10 Å². The Morgan fingerprint density at radius 3 is 2.37 bits per heavy atom. The minimum absolute atomic E-state index is 0.0828. The van der Waals surface area contributed by atoms with Gasteiger partial charge >= 0.3 is 0 Å². The van der Waals surface area contributed by atoms with Crippen molar-refractivity contribution in [2.24, 2.45) is 0 Å². The first-order valence-electron chi connectivity index (χ1n) is 10.3. The van der Waals surface area contributed by atoms with E-state index in [0.29, 0.717) is 16.5 Å². The Kier molecular flexibility index (Phi) is 6.20. The van der Waals surface area contributed by atoms with Crippen LogP contribution in [0.15, 0.2) is 53.4 Å². The van der Waals surface area contributed by atoms with Gasteiger partial charge in [-0.05, 0) is 49.2 Å². The number of nitrogens with zero attached hydrogens (tertiary/aromatic N) is 1. The van der Waals surface area contributed by atoms with Crippen molar-refractivity contribution in [1.29, 1.82) is 0 Å². The Morgan fingerprint density at radius 2 is 1.67 bits per heavy atom. The van der Waals surface area contributed by atoms with E-state index >= 15 is 0 Å². The Balaban J connectivity index is 1.60. The van der Waals surface area contributed by atoms with Gasteiger partial charge in [-0.2, -0.15) is 0 Å². The lowest BCUT2D eigenvalue weighted by molar-refractivity contribution is -0.128. The molecule has 2 aliphatic rings. The molecule has 4 rings (SSSR count). The van der Waals surface area contributed by atoms with E-state index in [0.717, 1.165) is 25.7 Å². The molecule has 1 saturated carbocycles. The van der Waals surface area contributed by atoms with E-state index < -0.39 is 16.1 Å². The van der Waals surface area contributed by atoms with Crippen molar-refractivity contribution in [3.63, 3.8) is 0 Å². The second kappa shape index (κ2) is 8.86. The van der Waals surface area contributed by atoms with Gasteiger partial charge in [0.1, 0.15) is 5.75 Å². The third kappa shape index (κ3) is 4.42. The lowest BCUT2D eigenvalue weighted by atomic mass is 10.1. The third-order valence-electron chi connectivity index (χ3n) is 5.63. The Hall–Kier alpha value is -2.25. The number of fused-ring (bicyclic) bond motifs is 1. The summed E-state index contributed by atoms with van der Waals surface area (Å²) < 4.78 is 33.9. The van der Waals surface area contributed by atoms with Gasteiger partial charge in [0.05, 0.1) is 17.1 Å². The van der Waals surface area contributed by atoms with E-state index in [-0.39, 0.29) is 23.4 Å². The zero-order valence-corrected chi connectivity index (χ0v) is 18.2. The number of amides is 1. The predicted molar refractivity (Wildman–Crippen MR) is 116 cm³/mol. The Labute approximate surface area is 182 Å². The van der Waals surface area contributed by atoms with Gasteiger partial charge in [0.25, 0.3) is 15.9 Å². The number of sulfonamides is 1. The molecule has 1 aliphatic heterocycles. The highest BCUT2D eigenvalue weighted by molar-refractivity contribution is 7.92. The molecule has 30 heavy (non-hydrogen) atoms. The number of hydrogen-bond acceptors (Lipinski definition) is 4. The number of rotatable bonds is 4. The average Bonchev–Trinajstić information content (AvgIpc) is 3.02. The number of carbonyl (C=O) groups is 1. The van der Waals surface area contributed by atoms with Crippen LogP contribution in [0.1, 0.15) is 38.5 Å². The molecule has 1 aliphatic carbocycles. The van der Waals surface area contributed by atoms with E-state index in [1.54, 1.807) is 24.3 Å². The first-order chi connectivity index (χ1) is 14.4. The van der Waals surface area contributed by atoms with Crippen LogP contribution in [0.3, 0.4) is 0 Å². The largest absolute Gasteiger partial charge is 0.476 e. The SMILES string of the molecule is O=C(NC1CCCCCC1)[C@H]1CN(S(=O)(=O)c2ccc(Cl)cc2)c2ccccc2O1. The van der Waals surface area contributed by atoms with Gasteiger partial charge in [-0.25, -0.2) is 8.42 Å². The molecule has 1 heterocycles. The minimum Gasteiger partial charge on any atom is -0.476 e. The van der Waals surface area contributed by atoms with Crippen LogP contribution in [-0.2, 0) is 14.8 Å². The molecule has 1 fully saturated rings. The first-order valence-corrected chi connectivity index (χ1v) is 12.1. The summed E-state index contributed by atoms with van der Waals surface area (Å²) >= 11 is 5.92. The highest BCUT2D eigenvalue weighted by atomic mass is 35.5. The van der Waals surface area contributed by atoms with E-state index in [9.17, 15) is 13.2 Å². The maximum absolute atomic E-state index is 13.4. The molecule has 160 valence electrons. The standard InChI is InChI=1S/C22H25ClN2O4S/c23-16-11-13-18(14-12-16)30(27,28)25-15-21(29-20-10-6-5-9-19(20)25)22(26)24-17-7-3-1-2-4-8-17/h5-6,9-14,17,21H,1-4,7-8,15H2,(H,24,26)/t21-/m1/s1. The third-order valence-corrected chi connectivity index (χ3v) is 7.68. The van der Waals surface area contributed by atoms with E-state index in [1.807, 2.05) is 0 Å². The van der Waals surface area contributed by atoms with Crippen molar-refractivity contribution in [3.05, 3.63) is 53.6 Å². The Bertz CT molecular complexity index is 1000. The fourth-order valence-electron chi connectivity index (χ4n) is 4.02. The number of ether oxygens (including phenoxy) is 1. The number of nitrogens with one attached hydrogen (secondary N) is 1. The van der Waals surface area contributed by atoms with Gasteiger partial charge in [-0.1, -0.05) is 49.4 Å². The molecule has 0 aromatic heterocycles. The number of hydrogen-bond donors (Lipinski definition) is 1. The summed E-state index contributed by atoms with van der Waals surface area (Å²) in [5.41, 5.74) is 0.422. The summed E-state index contributed by atoms with van der Waals surface area (Å²) in [5.74, 6) is 0.106. The number of carbonyl (C=O) groups excluding carboxylic acids is 1. The molecule has 2 aromatic carbocycles. The van der Waals surface area contributed by atoms with Crippen molar-refractivity contribution in [2.75, 3.05) is 10.8 Å². The first kappa shape index (κ1) is 21.0. The monoisotopic (exact) mass is 448 g/mol. The summed E-state index contributed by atoms with van der Waals surface area (Å²) in [6.07, 6.45) is 5.54. The van der Waals surface area contributed by atoms with E-state index in [1.165, 1.54) is 41.4 Å². The van der Waals surface area contributed by atoms with Crippen LogP contribution in [-0.4, -0.2) is 33.0 Å². The van der Waals surface area contributed by atoms with Gasteiger partial charge in [0, 0.05) is 11.1 Å². The van der Waals surface area contributed by atoms with Crippen molar-refractivity contribution in [1.82, 2.24) is 5.32 Å². The maximum Gasteiger partial charge on any atom is 0.264 e. The summed E-state index contributed by atoms with van der Waals surface area (Å²) in [6, 6.07) is 13.0. The minimum atomic E-state index is -3.88. The smallest absolute Gasteiger partial charge is 0.264 e. The lowest BCUT2D eigenvalue weighted by Crippen LogP contribution is -2.52. The quantitative estimate of drug-likeness (QED) is 0.713. The zero-order valence-electron chi connectivity index (χ0n) is 16.6. The molecule has 0 saturated heterocycles. The molecule has 1 N–H and O–H groups in total. The van der Waals surface area contributed by atoms with Crippen LogP contribution in [0.25, 0.3) is 0 Å². The molecule has 1 atom stereocenters. The highest BCUT2D eigenvalue weighted by Crippen LogP contribution is 2.37. The molecule has 0 radical (unpaired) electrons. The fourth-order valence-corrected chi connectivity index (χ4v) is 5.62. The van der Waals surface area contributed by atoms with Crippen molar-refractivity contribution in [3.8, 4) is 5.75 Å². The highest BCUT2D eigenvalue weighted by Gasteiger charge is 2.38. The number of halogens is 1.